The molecule has 378 valence electrons. The Morgan fingerprint density at radius 1 is 0.308 bits per heavy atom. The molecular formula is C59H106O6. The maximum atomic E-state index is 12.8. The largest absolute Gasteiger partial charge is 0.462 e. The highest BCUT2D eigenvalue weighted by Crippen LogP contribution is 2.16. The summed E-state index contributed by atoms with van der Waals surface area (Å²) in [6.07, 6.45) is 65.2. The van der Waals surface area contributed by atoms with Crippen LogP contribution in [0.15, 0.2) is 48.6 Å². The molecule has 0 aliphatic rings. The van der Waals surface area contributed by atoms with Gasteiger partial charge in [-0.2, -0.15) is 0 Å². The van der Waals surface area contributed by atoms with E-state index >= 15 is 0 Å². The minimum Gasteiger partial charge on any atom is -0.462 e. The van der Waals surface area contributed by atoms with E-state index < -0.39 is 6.10 Å². The van der Waals surface area contributed by atoms with Gasteiger partial charge in [0.15, 0.2) is 6.10 Å². The fourth-order valence-electron chi connectivity index (χ4n) is 8.07. The van der Waals surface area contributed by atoms with Crippen LogP contribution in [0, 0.1) is 0 Å². The van der Waals surface area contributed by atoms with E-state index in [0.29, 0.717) is 19.3 Å². The van der Waals surface area contributed by atoms with E-state index in [1.54, 1.807) is 0 Å². The molecule has 0 saturated carbocycles. The lowest BCUT2D eigenvalue weighted by Gasteiger charge is -2.18. The van der Waals surface area contributed by atoms with Crippen molar-refractivity contribution in [2.24, 2.45) is 0 Å². The van der Waals surface area contributed by atoms with Crippen LogP contribution in [0.2, 0.25) is 0 Å². The Kier molecular flexibility index (Phi) is 51.8. The molecule has 0 aromatic rings. The Balaban J connectivity index is 4.38. The SMILES string of the molecule is CCCCC/C=C\C=C/CCCCCCCCC(=O)OCC(COC(=O)CCCCCCCCCCCCCCCCCCC)OC(=O)CCCCCCCC/C=C\C=C/CCCCC. The molecule has 0 amide bonds. The standard InChI is InChI=1S/C59H106O6/c1-4-7-10-13-16-19-22-25-28-29-32-34-37-40-43-46-49-52-58(61)64-55-56(65-59(62)53-50-47-44-41-38-35-31-27-24-21-18-15-12-9-6-3)54-63-57(60)51-48-45-42-39-36-33-30-26-23-20-17-14-11-8-5-2/h17-18,20-21,23-24,26-27,56H,4-16,19,22,25,28-55H2,1-3H3/b20-17-,21-18-,26-23-,27-24-. The molecular weight excluding hydrogens is 805 g/mol. The summed E-state index contributed by atoms with van der Waals surface area (Å²) in [4.78, 5) is 38.1. The predicted molar refractivity (Wildman–Crippen MR) is 279 cm³/mol. The van der Waals surface area contributed by atoms with Crippen molar-refractivity contribution in [2.45, 2.75) is 297 Å². The molecule has 1 atom stereocenters. The van der Waals surface area contributed by atoms with Crippen LogP contribution in [-0.2, 0) is 28.6 Å². The Morgan fingerprint density at radius 3 is 0.846 bits per heavy atom. The Hall–Kier alpha value is -2.63. The number of hydrogen-bond acceptors (Lipinski definition) is 6. The summed E-state index contributed by atoms with van der Waals surface area (Å²) in [6.45, 7) is 6.59. The van der Waals surface area contributed by atoms with Crippen LogP contribution in [-0.4, -0.2) is 37.2 Å². The molecule has 0 N–H and O–H groups in total. The fraction of sp³-hybridized carbons (Fsp3) is 0.814. The Bertz CT molecular complexity index is 1140. The van der Waals surface area contributed by atoms with Crippen LogP contribution < -0.4 is 0 Å². The third-order valence-electron chi connectivity index (χ3n) is 12.4. The van der Waals surface area contributed by atoms with E-state index in [-0.39, 0.29) is 31.1 Å². The summed E-state index contributed by atoms with van der Waals surface area (Å²) in [6, 6.07) is 0. The van der Waals surface area contributed by atoms with Gasteiger partial charge in [0, 0.05) is 19.3 Å². The van der Waals surface area contributed by atoms with Gasteiger partial charge >= 0.3 is 17.9 Å². The molecule has 0 fully saturated rings. The van der Waals surface area contributed by atoms with E-state index in [9.17, 15) is 14.4 Å². The lowest BCUT2D eigenvalue weighted by Crippen LogP contribution is -2.30. The van der Waals surface area contributed by atoms with E-state index in [1.807, 2.05) is 0 Å². The lowest BCUT2D eigenvalue weighted by molar-refractivity contribution is -0.167. The average Bonchev–Trinajstić information content (AvgIpc) is 3.30. The summed E-state index contributed by atoms with van der Waals surface area (Å²) in [5.74, 6) is -0.890. The summed E-state index contributed by atoms with van der Waals surface area (Å²) in [5, 5.41) is 0. The van der Waals surface area contributed by atoms with Gasteiger partial charge in [-0.3, -0.25) is 14.4 Å². The van der Waals surface area contributed by atoms with Gasteiger partial charge < -0.3 is 14.2 Å². The maximum Gasteiger partial charge on any atom is 0.306 e. The third-order valence-corrected chi connectivity index (χ3v) is 12.4. The number of hydrogen-bond donors (Lipinski definition) is 0. The molecule has 0 aliphatic carbocycles. The molecule has 1 unspecified atom stereocenters. The fourth-order valence-corrected chi connectivity index (χ4v) is 8.07. The van der Waals surface area contributed by atoms with Gasteiger partial charge in [-0.05, 0) is 70.6 Å². The zero-order valence-electron chi connectivity index (χ0n) is 43.3. The van der Waals surface area contributed by atoms with Crippen LogP contribution in [0.1, 0.15) is 290 Å². The van der Waals surface area contributed by atoms with Gasteiger partial charge in [0.1, 0.15) is 13.2 Å². The molecule has 0 saturated heterocycles. The van der Waals surface area contributed by atoms with Crippen LogP contribution in [0.3, 0.4) is 0 Å². The van der Waals surface area contributed by atoms with E-state index in [2.05, 4.69) is 69.4 Å². The van der Waals surface area contributed by atoms with Crippen molar-refractivity contribution in [3.8, 4) is 0 Å². The molecule has 65 heavy (non-hydrogen) atoms. The van der Waals surface area contributed by atoms with Gasteiger partial charge in [-0.15, -0.1) is 0 Å². The van der Waals surface area contributed by atoms with Crippen molar-refractivity contribution in [3.05, 3.63) is 48.6 Å². The van der Waals surface area contributed by atoms with Crippen molar-refractivity contribution in [3.63, 3.8) is 0 Å². The topological polar surface area (TPSA) is 78.9 Å². The Morgan fingerprint density at radius 2 is 0.538 bits per heavy atom. The van der Waals surface area contributed by atoms with E-state index in [0.717, 1.165) is 70.6 Å². The average molecular weight is 911 g/mol. The number of allylic oxidation sites excluding steroid dienone is 8. The molecule has 6 nitrogen and oxygen atoms in total. The van der Waals surface area contributed by atoms with Gasteiger partial charge in [0.25, 0.3) is 0 Å². The summed E-state index contributed by atoms with van der Waals surface area (Å²) >= 11 is 0. The molecule has 0 spiro atoms. The van der Waals surface area contributed by atoms with Crippen molar-refractivity contribution in [1.29, 1.82) is 0 Å². The molecule has 0 heterocycles. The van der Waals surface area contributed by atoms with Crippen molar-refractivity contribution >= 4 is 17.9 Å². The lowest BCUT2D eigenvalue weighted by atomic mass is 10.0. The molecule has 0 rings (SSSR count). The first-order valence-electron chi connectivity index (χ1n) is 28.2. The number of esters is 3. The molecule has 0 aromatic carbocycles. The second kappa shape index (κ2) is 54.0. The second-order valence-corrected chi connectivity index (χ2v) is 18.9. The third kappa shape index (κ3) is 52.2. The number of carbonyl (C=O) groups is 3. The molecule has 0 aliphatic heterocycles. The van der Waals surface area contributed by atoms with Crippen LogP contribution in [0.25, 0.3) is 0 Å². The van der Waals surface area contributed by atoms with Crippen molar-refractivity contribution in [1.82, 2.24) is 0 Å². The van der Waals surface area contributed by atoms with Gasteiger partial charge in [-0.1, -0.05) is 249 Å². The Labute approximate surface area is 403 Å². The highest BCUT2D eigenvalue weighted by atomic mass is 16.6. The summed E-state index contributed by atoms with van der Waals surface area (Å²) < 4.78 is 16.8. The first-order valence-corrected chi connectivity index (χ1v) is 28.2. The minimum atomic E-state index is -0.782. The van der Waals surface area contributed by atoms with Gasteiger partial charge in [-0.25, -0.2) is 0 Å². The predicted octanol–water partition coefficient (Wildman–Crippen LogP) is 18.7. The highest BCUT2D eigenvalue weighted by Gasteiger charge is 2.19. The second-order valence-electron chi connectivity index (χ2n) is 18.9. The van der Waals surface area contributed by atoms with Crippen molar-refractivity contribution in [2.75, 3.05) is 13.2 Å². The number of ether oxygens (including phenoxy) is 3. The van der Waals surface area contributed by atoms with Gasteiger partial charge in [0.2, 0.25) is 0 Å². The quantitative estimate of drug-likeness (QED) is 0.0262. The monoisotopic (exact) mass is 911 g/mol. The number of carbonyl (C=O) groups excluding carboxylic acids is 3. The van der Waals surface area contributed by atoms with Crippen LogP contribution >= 0.6 is 0 Å². The minimum absolute atomic E-state index is 0.0790. The number of unbranched alkanes of at least 4 members (excludes halogenated alkanes) is 34. The van der Waals surface area contributed by atoms with Crippen molar-refractivity contribution < 1.29 is 28.6 Å². The van der Waals surface area contributed by atoms with Gasteiger partial charge in [0.05, 0.1) is 0 Å². The first kappa shape index (κ1) is 62.4. The number of rotatable bonds is 51. The zero-order chi connectivity index (χ0) is 47.2. The van der Waals surface area contributed by atoms with Crippen LogP contribution in [0.5, 0.6) is 0 Å². The molecule has 6 heteroatoms. The molecule has 0 aromatic heterocycles. The molecule has 0 bridgehead atoms. The van der Waals surface area contributed by atoms with E-state index in [1.165, 1.54) is 180 Å². The van der Waals surface area contributed by atoms with Crippen LogP contribution in [0.4, 0.5) is 0 Å². The zero-order valence-corrected chi connectivity index (χ0v) is 43.3. The smallest absolute Gasteiger partial charge is 0.306 e. The summed E-state index contributed by atoms with van der Waals surface area (Å²) in [5.41, 5.74) is 0. The highest BCUT2D eigenvalue weighted by molar-refractivity contribution is 5.71. The first-order chi connectivity index (χ1) is 32.0. The summed E-state index contributed by atoms with van der Waals surface area (Å²) in [7, 11) is 0. The molecule has 0 radical (unpaired) electrons. The maximum absolute atomic E-state index is 12.8. The normalized spacial score (nSPS) is 12.4. The van der Waals surface area contributed by atoms with E-state index in [4.69, 9.17) is 14.2 Å².